The van der Waals surface area contributed by atoms with Crippen LogP contribution in [0.3, 0.4) is 0 Å². The van der Waals surface area contributed by atoms with E-state index in [1.54, 1.807) is 21.3 Å². The van der Waals surface area contributed by atoms with Crippen molar-refractivity contribution >= 4 is 77.2 Å². The highest BCUT2D eigenvalue weighted by Gasteiger charge is 2.36. The van der Waals surface area contributed by atoms with Gasteiger partial charge >= 0.3 is 7.48 Å². The van der Waals surface area contributed by atoms with Gasteiger partial charge in [-0.25, -0.2) is 0 Å². The maximum absolute atomic E-state index is 10.5. The van der Waals surface area contributed by atoms with E-state index in [2.05, 4.69) is 78.9 Å². The van der Waals surface area contributed by atoms with Crippen molar-refractivity contribution in [3.63, 3.8) is 0 Å². The Bertz CT molecular complexity index is 2040. The van der Waals surface area contributed by atoms with Gasteiger partial charge in [0.1, 0.15) is 11.2 Å². The van der Waals surface area contributed by atoms with Crippen LogP contribution in [0.2, 0.25) is 0 Å². The number of benzene rings is 5. The summed E-state index contributed by atoms with van der Waals surface area (Å²) < 4.78 is 15.0. The lowest BCUT2D eigenvalue weighted by Crippen LogP contribution is -2.49. The number of para-hydroxylation sites is 1. The SMILES string of the molecule is CC(C)(O)C(C)(C)O[B]c1cccc2c1oc1ccc(-c3cccc4c3sc3cc5ccccc5cc34)cc12. The smallest absolute Gasteiger partial charge is 0.334 e. The number of aliphatic hydroxyl groups is 1. The standard InChI is InChI=1S/C34H28BO3S/c1-33(2,36)34(3,4)38-35-28-14-8-12-24-26-18-22(15-16-29(26)37-31(24)28)23-11-7-13-25-27-17-20-9-5-6-10-21(20)19-30(27)39-32(23)25/h5-19,36H,1-4H3. The number of hydrogen-bond donors (Lipinski definition) is 1. The van der Waals surface area contributed by atoms with Crippen molar-refractivity contribution in [1.29, 1.82) is 0 Å². The van der Waals surface area contributed by atoms with E-state index in [1.807, 2.05) is 37.3 Å². The van der Waals surface area contributed by atoms with Crippen molar-refractivity contribution in [3.8, 4) is 11.1 Å². The fraction of sp³-hybridized carbons (Fsp3) is 0.176. The molecule has 0 aliphatic heterocycles. The maximum atomic E-state index is 10.5. The number of rotatable bonds is 5. The quantitative estimate of drug-likeness (QED) is 0.228. The molecule has 5 heteroatoms. The molecule has 0 atom stereocenters. The number of furan rings is 1. The average molecular weight is 527 g/mol. The van der Waals surface area contributed by atoms with Gasteiger partial charge < -0.3 is 14.2 Å². The predicted octanol–water partition coefficient (Wildman–Crippen LogP) is 8.58. The molecule has 3 nitrogen and oxygen atoms in total. The van der Waals surface area contributed by atoms with E-state index in [0.29, 0.717) is 0 Å². The van der Waals surface area contributed by atoms with Gasteiger partial charge in [-0.1, -0.05) is 66.7 Å². The Morgan fingerprint density at radius 3 is 2.28 bits per heavy atom. The lowest BCUT2D eigenvalue weighted by molar-refractivity contribution is -0.0893. The molecular weight excluding hydrogens is 499 g/mol. The van der Waals surface area contributed by atoms with Gasteiger partial charge in [0.2, 0.25) is 0 Å². The Labute approximate surface area is 231 Å². The first kappa shape index (κ1) is 24.4. The van der Waals surface area contributed by atoms with Crippen LogP contribution < -0.4 is 5.46 Å². The summed E-state index contributed by atoms with van der Waals surface area (Å²) in [5.74, 6) is 0. The molecule has 0 aliphatic carbocycles. The lowest BCUT2D eigenvalue weighted by atomic mass is 9.82. The zero-order valence-electron chi connectivity index (χ0n) is 22.4. The Morgan fingerprint density at radius 1 is 0.744 bits per heavy atom. The highest BCUT2D eigenvalue weighted by atomic mass is 32.1. The van der Waals surface area contributed by atoms with Gasteiger partial charge in [0.05, 0.1) is 11.2 Å². The molecule has 0 unspecified atom stereocenters. The third-order valence-corrected chi connectivity index (χ3v) is 9.36. The first-order valence-electron chi connectivity index (χ1n) is 13.2. The monoisotopic (exact) mass is 527 g/mol. The molecule has 0 fully saturated rings. The van der Waals surface area contributed by atoms with E-state index >= 15 is 0 Å². The Balaban J connectivity index is 1.34. The van der Waals surface area contributed by atoms with Crippen LogP contribution in [0.15, 0.2) is 95.4 Å². The summed E-state index contributed by atoms with van der Waals surface area (Å²) >= 11 is 1.86. The van der Waals surface area contributed by atoms with E-state index in [0.717, 1.165) is 27.4 Å². The van der Waals surface area contributed by atoms with Crippen LogP contribution >= 0.6 is 11.3 Å². The van der Waals surface area contributed by atoms with Crippen molar-refractivity contribution < 1.29 is 14.2 Å². The van der Waals surface area contributed by atoms with E-state index in [4.69, 9.17) is 9.07 Å². The zero-order valence-corrected chi connectivity index (χ0v) is 23.2. The van der Waals surface area contributed by atoms with Gasteiger partial charge in [0, 0.05) is 30.9 Å². The van der Waals surface area contributed by atoms with Gasteiger partial charge in [-0.15, -0.1) is 11.3 Å². The molecule has 39 heavy (non-hydrogen) atoms. The molecular formula is C34H28BO3S. The molecule has 7 rings (SSSR count). The van der Waals surface area contributed by atoms with E-state index < -0.39 is 11.2 Å². The second-order valence-corrected chi connectivity index (χ2v) is 12.4. The van der Waals surface area contributed by atoms with E-state index in [9.17, 15) is 5.11 Å². The number of fused-ring (bicyclic) bond motifs is 7. The van der Waals surface area contributed by atoms with Gasteiger partial charge in [-0.3, -0.25) is 0 Å². The molecule has 7 aromatic rings. The Morgan fingerprint density at radius 2 is 1.49 bits per heavy atom. The van der Waals surface area contributed by atoms with Gasteiger partial charge in [-0.2, -0.15) is 0 Å². The molecule has 2 heterocycles. The largest absolute Gasteiger partial charge is 0.457 e. The topological polar surface area (TPSA) is 42.6 Å². The lowest BCUT2D eigenvalue weighted by Gasteiger charge is -2.37. The van der Waals surface area contributed by atoms with Gasteiger partial charge in [0.15, 0.2) is 0 Å². The van der Waals surface area contributed by atoms with Crippen LogP contribution in [0.1, 0.15) is 27.7 Å². The summed E-state index contributed by atoms with van der Waals surface area (Å²) in [7, 11) is 1.70. The second-order valence-electron chi connectivity index (χ2n) is 11.3. The van der Waals surface area contributed by atoms with Crippen LogP contribution in [0, 0.1) is 0 Å². The molecule has 0 saturated heterocycles. The molecule has 5 aromatic carbocycles. The number of thiophene rings is 1. The minimum absolute atomic E-state index is 0.761. The van der Waals surface area contributed by atoms with Crippen molar-refractivity contribution in [2.45, 2.75) is 38.9 Å². The summed E-state index contributed by atoms with van der Waals surface area (Å²) in [6.07, 6.45) is 0. The van der Waals surface area contributed by atoms with Crippen molar-refractivity contribution in [2.75, 3.05) is 0 Å². The van der Waals surface area contributed by atoms with Gasteiger partial charge in [-0.05, 0) is 79.3 Å². The molecule has 0 amide bonds. The van der Waals surface area contributed by atoms with Crippen LogP contribution in [0.5, 0.6) is 0 Å². The fourth-order valence-electron chi connectivity index (χ4n) is 5.15. The minimum Gasteiger partial charge on any atom is -0.457 e. The van der Waals surface area contributed by atoms with Crippen LogP contribution in [-0.4, -0.2) is 23.8 Å². The highest BCUT2D eigenvalue weighted by Crippen LogP contribution is 2.42. The Hall–Kier alpha value is -3.64. The van der Waals surface area contributed by atoms with Crippen LogP contribution in [0.25, 0.3) is 64.0 Å². The summed E-state index contributed by atoms with van der Waals surface area (Å²) in [5, 5.41) is 17.7. The molecule has 2 aromatic heterocycles. The van der Waals surface area contributed by atoms with E-state index in [1.165, 1.54) is 42.1 Å². The van der Waals surface area contributed by atoms with Crippen molar-refractivity contribution in [3.05, 3.63) is 91.0 Å². The minimum atomic E-state index is -0.999. The fourth-order valence-corrected chi connectivity index (χ4v) is 6.41. The van der Waals surface area contributed by atoms with E-state index in [-0.39, 0.29) is 0 Å². The van der Waals surface area contributed by atoms with Crippen LogP contribution in [-0.2, 0) is 4.65 Å². The van der Waals surface area contributed by atoms with Crippen LogP contribution in [0.4, 0.5) is 0 Å². The van der Waals surface area contributed by atoms with Crippen molar-refractivity contribution in [1.82, 2.24) is 0 Å². The normalized spacial score (nSPS) is 12.8. The third kappa shape index (κ3) is 3.96. The molecule has 0 bridgehead atoms. The zero-order chi connectivity index (χ0) is 26.9. The van der Waals surface area contributed by atoms with Gasteiger partial charge in [0.25, 0.3) is 0 Å². The van der Waals surface area contributed by atoms with Crippen molar-refractivity contribution in [2.24, 2.45) is 0 Å². The summed E-state index contributed by atoms with van der Waals surface area (Å²) in [5.41, 5.74) is 3.10. The summed E-state index contributed by atoms with van der Waals surface area (Å²) in [6.45, 7) is 7.27. The molecule has 1 radical (unpaired) electrons. The molecule has 191 valence electrons. The summed E-state index contributed by atoms with van der Waals surface area (Å²) in [4.78, 5) is 0. The molecule has 0 saturated carbocycles. The Kier molecular flexibility index (Phi) is 5.44. The second kappa shape index (κ2) is 8.69. The summed E-state index contributed by atoms with van der Waals surface area (Å²) in [6, 6.07) is 32.3. The predicted molar refractivity (Wildman–Crippen MR) is 166 cm³/mol. The third-order valence-electron chi connectivity index (χ3n) is 8.16. The maximum Gasteiger partial charge on any atom is 0.334 e. The first-order chi connectivity index (χ1) is 18.7. The number of hydrogen-bond acceptors (Lipinski definition) is 4. The first-order valence-corrected chi connectivity index (χ1v) is 14.0. The highest BCUT2D eigenvalue weighted by molar-refractivity contribution is 7.26. The molecule has 0 spiro atoms. The molecule has 1 N–H and O–H groups in total. The molecule has 0 aliphatic rings. The average Bonchev–Trinajstić information content (AvgIpc) is 3.47.